The first-order valence-electron chi connectivity index (χ1n) is 5.21. The Labute approximate surface area is 80.3 Å². The van der Waals surface area contributed by atoms with Crippen molar-refractivity contribution in [1.82, 2.24) is 0 Å². The Morgan fingerprint density at radius 3 is 2.46 bits per heavy atom. The van der Waals surface area contributed by atoms with Crippen LogP contribution in [0.2, 0.25) is 0 Å². The molecule has 0 aliphatic heterocycles. The van der Waals surface area contributed by atoms with Gasteiger partial charge < -0.3 is 5.11 Å². The summed E-state index contributed by atoms with van der Waals surface area (Å²) in [6.07, 6.45) is 2.12. The molecule has 3 atom stereocenters. The molecule has 0 amide bonds. The smallest absolute Gasteiger partial charge is 0.161 e. The third-order valence-electron chi connectivity index (χ3n) is 3.55. The molecule has 0 saturated heterocycles. The van der Waals surface area contributed by atoms with E-state index in [-0.39, 0.29) is 18.3 Å². The maximum absolute atomic E-state index is 11.3. The molecule has 0 bridgehead atoms. The number of carbonyl (C=O) groups excluding carboxylic acids is 1. The van der Waals surface area contributed by atoms with Crippen LogP contribution in [0, 0.1) is 23.7 Å². The van der Waals surface area contributed by atoms with Crippen molar-refractivity contribution in [1.29, 1.82) is 0 Å². The summed E-state index contributed by atoms with van der Waals surface area (Å²) >= 11 is 0. The highest BCUT2D eigenvalue weighted by atomic mass is 16.3. The van der Waals surface area contributed by atoms with Gasteiger partial charge in [0.15, 0.2) is 5.78 Å². The summed E-state index contributed by atoms with van der Waals surface area (Å²) in [4.78, 5) is 11.3. The third kappa shape index (κ3) is 2.11. The topological polar surface area (TPSA) is 37.3 Å². The zero-order valence-corrected chi connectivity index (χ0v) is 8.79. The van der Waals surface area contributed by atoms with E-state index >= 15 is 0 Å². The summed E-state index contributed by atoms with van der Waals surface area (Å²) in [7, 11) is 0. The second kappa shape index (κ2) is 4.23. The summed E-state index contributed by atoms with van der Waals surface area (Å²) in [6, 6.07) is 0. The number of hydrogen-bond acceptors (Lipinski definition) is 2. The quantitative estimate of drug-likeness (QED) is 0.727. The van der Waals surface area contributed by atoms with E-state index in [2.05, 4.69) is 20.8 Å². The van der Waals surface area contributed by atoms with E-state index in [9.17, 15) is 4.79 Å². The molecule has 0 aromatic carbocycles. The first-order chi connectivity index (χ1) is 6.07. The van der Waals surface area contributed by atoms with Crippen LogP contribution < -0.4 is 0 Å². The number of ketones is 1. The fraction of sp³-hybridized carbons (Fsp3) is 0.909. The Bertz CT molecular complexity index is 187. The molecule has 1 aliphatic carbocycles. The molecule has 0 heterocycles. The lowest BCUT2D eigenvalue weighted by molar-refractivity contribution is -0.126. The van der Waals surface area contributed by atoms with Gasteiger partial charge in [0.2, 0.25) is 0 Å². The fourth-order valence-corrected chi connectivity index (χ4v) is 2.71. The average Bonchev–Trinajstić information content (AvgIpc) is 2.46. The minimum Gasteiger partial charge on any atom is -0.389 e. The highest BCUT2D eigenvalue weighted by molar-refractivity contribution is 5.82. The predicted octanol–water partition coefficient (Wildman–Crippen LogP) is 1.87. The molecule has 76 valence electrons. The van der Waals surface area contributed by atoms with E-state index in [0.717, 1.165) is 12.8 Å². The number of hydrogen-bond donors (Lipinski definition) is 1. The largest absolute Gasteiger partial charge is 0.389 e. The molecule has 1 aliphatic rings. The number of Topliss-reactive ketones (excluding diaryl/α,β-unsaturated/α-hetero) is 1. The summed E-state index contributed by atoms with van der Waals surface area (Å²) in [6.45, 7) is 6.30. The van der Waals surface area contributed by atoms with Crippen LogP contribution in [0.1, 0.15) is 33.6 Å². The van der Waals surface area contributed by atoms with Gasteiger partial charge in [-0.1, -0.05) is 20.8 Å². The van der Waals surface area contributed by atoms with Crippen molar-refractivity contribution < 1.29 is 9.90 Å². The Balaban J connectivity index is 2.59. The van der Waals surface area contributed by atoms with Crippen LogP contribution in [0.15, 0.2) is 0 Å². The van der Waals surface area contributed by atoms with Crippen LogP contribution >= 0.6 is 0 Å². The van der Waals surface area contributed by atoms with Crippen LogP contribution in [0.4, 0.5) is 0 Å². The Morgan fingerprint density at radius 2 is 2.08 bits per heavy atom. The van der Waals surface area contributed by atoms with Gasteiger partial charge in [0, 0.05) is 5.92 Å². The molecule has 2 heteroatoms. The van der Waals surface area contributed by atoms with Crippen LogP contribution in [0.5, 0.6) is 0 Å². The van der Waals surface area contributed by atoms with Crippen LogP contribution in [0.3, 0.4) is 0 Å². The molecule has 1 N–H and O–H groups in total. The molecular formula is C11H20O2. The van der Waals surface area contributed by atoms with Gasteiger partial charge in [-0.3, -0.25) is 4.79 Å². The normalized spacial score (nSPS) is 34.1. The number of rotatable bonds is 3. The van der Waals surface area contributed by atoms with Gasteiger partial charge in [0.05, 0.1) is 0 Å². The van der Waals surface area contributed by atoms with Gasteiger partial charge in [0.1, 0.15) is 6.61 Å². The van der Waals surface area contributed by atoms with Gasteiger partial charge in [-0.2, -0.15) is 0 Å². The van der Waals surface area contributed by atoms with E-state index in [4.69, 9.17) is 5.11 Å². The van der Waals surface area contributed by atoms with E-state index < -0.39 is 0 Å². The number of aliphatic hydroxyl groups excluding tert-OH is 1. The minimum atomic E-state index is -0.278. The highest BCUT2D eigenvalue weighted by Gasteiger charge is 2.37. The second-order valence-electron chi connectivity index (χ2n) is 4.58. The summed E-state index contributed by atoms with van der Waals surface area (Å²) < 4.78 is 0. The highest BCUT2D eigenvalue weighted by Crippen LogP contribution is 2.41. The van der Waals surface area contributed by atoms with E-state index in [1.807, 2.05) is 0 Å². The predicted molar refractivity (Wildman–Crippen MR) is 52.3 cm³/mol. The van der Waals surface area contributed by atoms with Gasteiger partial charge >= 0.3 is 0 Å². The van der Waals surface area contributed by atoms with Crippen molar-refractivity contribution in [2.24, 2.45) is 23.7 Å². The fourth-order valence-electron chi connectivity index (χ4n) is 2.71. The first-order valence-corrected chi connectivity index (χ1v) is 5.21. The zero-order valence-electron chi connectivity index (χ0n) is 8.79. The molecule has 1 saturated carbocycles. The first kappa shape index (κ1) is 10.7. The van der Waals surface area contributed by atoms with Crippen molar-refractivity contribution >= 4 is 5.78 Å². The summed E-state index contributed by atoms with van der Waals surface area (Å²) in [5, 5.41) is 8.79. The Morgan fingerprint density at radius 1 is 1.46 bits per heavy atom. The Hall–Kier alpha value is -0.370. The number of carbonyl (C=O) groups is 1. The maximum Gasteiger partial charge on any atom is 0.161 e. The molecule has 1 fully saturated rings. The molecule has 0 aromatic heterocycles. The molecule has 0 aromatic rings. The lowest BCUT2D eigenvalue weighted by atomic mass is 9.83. The molecule has 0 spiro atoms. The SMILES string of the molecule is CC(C)C1CCC(C(=O)CO)C1C. The van der Waals surface area contributed by atoms with Crippen molar-refractivity contribution in [2.45, 2.75) is 33.6 Å². The van der Waals surface area contributed by atoms with Gasteiger partial charge in [-0.15, -0.1) is 0 Å². The van der Waals surface area contributed by atoms with Crippen LogP contribution in [-0.4, -0.2) is 17.5 Å². The molecule has 3 unspecified atom stereocenters. The van der Waals surface area contributed by atoms with E-state index in [1.165, 1.54) is 0 Å². The van der Waals surface area contributed by atoms with Crippen molar-refractivity contribution in [3.63, 3.8) is 0 Å². The van der Waals surface area contributed by atoms with Crippen molar-refractivity contribution in [2.75, 3.05) is 6.61 Å². The molecule has 1 rings (SSSR count). The lowest BCUT2D eigenvalue weighted by Gasteiger charge is -2.22. The van der Waals surface area contributed by atoms with Crippen molar-refractivity contribution in [3.8, 4) is 0 Å². The Kier molecular flexibility index (Phi) is 3.48. The third-order valence-corrected chi connectivity index (χ3v) is 3.55. The lowest BCUT2D eigenvalue weighted by Crippen LogP contribution is -2.24. The summed E-state index contributed by atoms with van der Waals surface area (Å²) in [5.41, 5.74) is 0. The maximum atomic E-state index is 11.3. The minimum absolute atomic E-state index is 0.0376. The van der Waals surface area contributed by atoms with Crippen LogP contribution in [-0.2, 0) is 4.79 Å². The molecule has 2 nitrogen and oxygen atoms in total. The van der Waals surface area contributed by atoms with Crippen molar-refractivity contribution in [3.05, 3.63) is 0 Å². The monoisotopic (exact) mass is 184 g/mol. The average molecular weight is 184 g/mol. The molecule has 13 heavy (non-hydrogen) atoms. The van der Waals surface area contributed by atoms with Gasteiger partial charge in [-0.25, -0.2) is 0 Å². The van der Waals surface area contributed by atoms with Gasteiger partial charge in [-0.05, 0) is 30.6 Å². The molecular weight excluding hydrogens is 164 g/mol. The standard InChI is InChI=1S/C11H20O2/c1-7(2)9-4-5-10(8(9)3)11(13)6-12/h7-10,12H,4-6H2,1-3H3. The van der Waals surface area contributed by atoms with Gasteiger partial charge in [0.25, 0.3) is 0 Å². The second-order valence-corrected chi connectivity index (χ2v) is 4.58. The number of aliphatic hydroxyl groups is 1. The molecule has 0 radical (unpaired) electrons. The zero-order chi connectivity index (χ0) is 10.0. The summed E-state index contributed by atoms with van der Waals surface area (Å²) in [5.74, 6) is 1.94. The van der Waals surface area contributed by atoms with E-state index in [0.29, 0.717) is 17.8 Å². The van der Waals surface area contributed by atoms with Crippen LogP contribution in [0.25, 0.3) is 0 Å². The van der Waals surface area contributed by atoms with E-state index in [1.54, 1.807) is 0 Å².